The summed E-state index contributed by atoms with van der Waals surface area (Å²) in [6.07, 6.45) is 1.63. The first-order valence-corrected chi connectivity index (χ1v) is 5.24. The van der Waals surface area contributed by atoms with Gasteiger partial charge in [0.05, 0.1) is 17.1 Å². The Labute approximate surface area is 97.6 Å². The highest BCUT2D eigenvalue weighted by Gasteiger charge is 2.24. The second kappa shape index (κ2) is 4.45. The van der Waals surface area contributed by atoms with Gasteiger partial charge >= 0.3 is 5.97 Å². The van der Waals surface area contributed by atoms with Crippen molar-refractivity contribution in [2.45, 2.75) is 6.92 Å². The zero-order valence-electron chi connectivity index (χ0n) is 8.61. The molecule has 1 aliphatic heterocycles. The van der Waals surface area contributed by atoms with E-state index in [9.17, 15) is 4.79 Å². The fourth-order valence-corrected chi connectivity index (χ4v) is 1.54. The standard InChI is InChI=1S/C11H9ClN2O2/c1-7-3-2-4-8(13-7)5-9-10(6-12)14-16-11(9)15/h2-5H,6H2,1H3/b9-5-. The predicted molar refractivity (Wildman–Crippen MR) is 61.2 cm³/mol. The second-order valence-corrected chi connectivity index (χ2v) is 3.58. The Balaban J connectivity index is 2.37. The lowest BCUT2D eigenvalue weighted by molar-refractivity contribution is -0.136. The molecular weight excluding hydrogens is 228 g/mol. The average molecular weight is 237 g/mol. The number of oxime groups is 1. The number of carbonyl (C=O) groups is 1. The van der Waals surface area contributed by atoms with E-state index in [4.69, 9.17) is 11.6 Å². The zero-order valence-corrected chi connectivity index (χ0v) is 9.36. The molecule has 1 aromatic rings. The van der Waals surface area contributed by atoms with Crippen LogP contribution in [0.1, 0.15) is 11.4 Å². The molecule has 0 radical (unpaired) electrons. The molecule has 0 unspecified atom stereocenters. The highest BCUT2D eigenvalue weighted by atomic mass is 35.5. The highest BCUT2D eigenvalue weighted by molar-refractivity contribution is 6.38. The summed E-state index contributed by atoms with van der Waals surface area (Å²) in [4.78, 5) is 20.1. The van der Waals surface area contributed by atoms with E-state index >= 15 is 0 Å². The quantitative estimate of drug-likeness (QED) is 0.448. The van der Waals surface area contributed by atoms with Crippen LogP contribution in [0.2, 0.25) is 0 Å². The lowest BCUT2D eigenvalue weighted by Gasteiger charge is -1.97. The van der Waals surface area contributed by atoms with Crippen LogP contribution < -0.4 is 0 Å². The van der Waals surface area contributed by atoms with Crippen LogP contribution in [0.3, 0.4) is 0 Å². The van der Waals surface area contributed by atoms with Gasteiger partial charge in [-0.3, -0.25) is 4.98 Å². The van der Waals surface area contributed by atoms with Crippen molar-refractivity contribution < 1.29 is 9.63 Å². The normalized spacial score (nSPS) is 17.5. The number of rotatable bonds is 2. The Morgan fingerprint density at radius 3 is 3.00 bits per heavy atom. The third-order valence-electron chi connectivity index (χ3n) is 2.10. The molecule has 0 N–H and O–H groups in total. The van der Waals surface area contributed by atoms with Crippen LogP contribution in [0.5, 0.6) is 0 Å². The van der Waals surface area contributed by atoms with Crippen LogP contribution in [-0.2, 0) is 9.63 Å². The van der Waals surface area contributed by atoms with Gasteiger partial charge in [-0.15, -0.1) is 11.6 Å². The van der Waals surface area contributed by atoms with E-state index in [1.54, 1.807) is 12.1 Å². The summed E-state index contributed by atoms with van der Waals surface area (Å²) in [6, 6.07) is 5.55. The number of aryl methyl sites for hydroxylation is 1. The summed E-state index contributed by atoms with van der Waals surface area (Å²) in [7, 11) is 0. The molecule has 1 aliphatic rings. The van der Waals surface area contributed by atoms with Crippen LogP contribution in [0.4, 0.5) is 0 Å². The summed E-state index contributed by atoms with van der Waals surface area (Å²) in [6.45, 7) is 1.88. The van der Waals surface area contributed by atoms with Gasteiger partial charge in [0.25, 0.3) is 0 Å². The largest absolute Gasteiger partial charge is 0.367 e. The molecule has 0 spiro atoms. The van der Waals surface area contributed by atoms with E-state index in [0.717, 1.165) is 5.69 Å². The molecule has 4 nitrogen and oxygen atoms in total. The number of halogens is 1. The van der Waals surface area contributed by atoms with Gasteiger partial charge in [0.15, 0.2) is 0 Å². The number of carbonyl (C=O) groups excluding carboxylic acids is 1. The molecule has 16 heavy (non-hydrogen) atoms. The maximum Gasteiger partial charge on any atom is 0.367 e. The van der Waals surface area contributed by atoms with E-state index in [1.807, 2.05) is 19.1 Å². The Bertz CT molecular complexity index is 495. The summed E-state index contributed by atoms with van der Waals surface area (Å²) in [5.74, 6) is -0.345. The lowest BCUT2D eigenvalue weighted by Crippen LogP contribution is -2.06. The van der Waals surface area contributed by atoms with Crippen LogP contribution in [0.25, 0.3) is 6.08 Å². The molecule has 0 amide bonds. The van der Waals surface area contributed by atoms with Crippen molar-refractivity contribution in [3.63, 3.8) is 0 Å². The summed E-state index contributed by atoms with van der Waals surface area (Å²) < 4.78 is 0. The second-order valence-electron chi connectivity index (χ2n) is 3.31. The van der Waals surface area contributed by atoms with E-state index in [0.29, 0.717) is 17.0 Å². The predicted octanol–water partition coefficient (Wildman–Crippen LogP) is 1.93. The van der Waals surface area contributed by atoms with Gasteiger partial charge in [0.1, 0.15) is 5.71 Å². The van der Waals surface area contributed by atoms with Crippen molar-refractivity contribution in [1.29, 1.82) is 0 Å². The Hall–Kier alpha value is -1.68. The molecule has 2 rings (SSSR count). The van der Waals surface area contributed by atoms with Gasteiger partial charge in [-0.05, 0) is 25.1 Å². The van der Waals surface area contributed by atoms with Crippen LogP contribution in [-0.4, -0.2) is 22.5 Å². The van der Waals surface area contributed by atoms with Crippen molar-refractivity contribution in [2.24, 2.45) is 5.16 Å². The molecule has 82 valence electrons. The SMILES string of the molecule is Cc1cccc(/C=C2\C(=O)ON=C2CCl)n1. The van der Waals surface area contributed by atoms with Gasteiger partial charge in [0.2, 0.25) is 0 Å². The molecule has 0 fully saturated rings. The monoisotopic (exact) mass is 236 g/mol. The minimum Gasteiger partial charge on any atom is -0.312 e. The summed E-state index contributed by atoms with van der Waals surface area (Å²) in [5.41, 5.74) is 2.37. The Morgan fingerprint density at radius 2 is 2.31 bits per heavy atom. The fraction of sp³-hybridized carbons (Fsp3) is 0.182. The lowest BCUT2D eigenvalue weighted by atomic mass is 10.1. The first kappa shape index (κ1) is 10.8. The number of hydrogen-bond acceptors (Lipinski definition) is 4. The maximum atomic E-state index is 11.3. The van der Waals surface area contributed by atoms with Gasteiger partial charge in [-0.1, -0.05) is 11.2 Å². The minimum atomic E-state index is -0.487. The number of nitrogens with zero attached hydrogens (tertiary/aromatic N) is 2. The molecule has 0 bridgehead atoms. The van der Waals surface area contributed by atoms with Crippen molar-refractivity contribution in [2.75, 3.05) is 5.88 Å². The van der Waals surface area contributed by atoms with E-state index in [-0.39, 0.29) is 5.88 Å². The highest BCUT2D eigenvalue weighted by Crippen LogP contribution is 2.15. The third-order valence-corrected chi connectivity index (χ3v) is 2.35. The van der Waals surface area contributed by atoms with Crippen molar-refractivity contribution in [1.82, 2.24) is 4.98 Å². The molecule has 5 heteroatoms. The summed E-state index contributed by atoms with van der Waals surface area (Å²) in [5, 5.41) is 3.57. The van der Waals surface area contributed by atoms with Crippen molar-refractivity contribution >= 4 is 29.4 Å². The first-order chi connectivity index (χ1) is 7.70. The topological polar surface area (TPSA) is 51.5 Å². The molecular formula is C11H9ClN2O2. The Kier molecular flexibility index (Phi) is 3.01. The number of pyridine rings is 1. The van der Waals surface area contributed by atoms with E-state index in [1.165, 1.54) is 0 Å². The molecule has 0 atom stereocenters. The number of aromatic nitrogens is 1. The number of alkyl halides is 1. The van der Waals surface area contributed by atoms with Crippen molar-refractivity contribution in [3.05, 3.63) is 35.2 Å². The smallest absolute Gasteiger partial charge is 0.312 e. The third kappa shape index (κ3) is 2.12. The van der Waals surface area contributed by atoms with E-state index < -0.39 is 5.97 Å². The summed E-state index contributed by atoms with van der Waals surface area (Å²) >= 11 is 5.64. The van der Waals surface area contributed by atoms with Gasteiger partial charge in [-0.2, -0.15) is 0 Å². The van der Waals surface area contributed by atoms with E-state index in [2.05, 4.69) is 15.0 Å². The molecule has 1 aromatic heterocycles. The van der Waals surface area contributed by atoms with Crippen LogP contribution >= 0.6 is 11.6 Å². The van der Waals surface area contributed by atoms with Gasteiger partial charge < -0.3 is 4.84 Å². The first-order valence-electron chi connectivity index (χ1n) is 4.70. The van der Waals surface area contributed by atoms with Gasteiger partial charge in [0, 0.05) is 5.69 Å². The molecule has 0 saturated heterocycles. The molecule has 0 aliphatic carbocycles. The molecule has 2 heterocycles. The van der Waals surface area contributed by atoms with Crippen molar-refractivity contribution in [3.8, 4) is 0 Å². The number of hydrogen-bond donors (Lipinski definition) is 0. The minimum absolute atomic E-state index is 0.142. The fourth-order valence-electron chi connectivity index (χ4n) is 1.34. The Morgan fingerprint density at radius 1 is 1.50 bits per heavy atom. The van der Waals surface area contributed by atoms with Gasteiger partial charge in [-0.25, -0.2) is 4.79 Å². The average Bonchev–Trinajstić information content (AvgIpc) is 2.60. The zero-order chi connectivity index (χ0) is 11.5. The maximum absolute atomic E-state index is 11.3. The van der Waals surface area contributed by atoms with Crippen LogP contribution in [0, 0.1) is 6.92 Å². The molecule has 0 saturated carbocycles. The van der Waals surface area contributed by atoms with Crippen LogP contribution in [0.15, 0.2) is 28.9 Å². The molecule has 0 aromatic carbocycles.